The van der Waals surface area contributed by atoms with Gasteiger partial charge in [-0.05, 0) is 68.6 Å². The number of piperidine rings is 1. The van der Waals surface area contributed by atoms with Crippen molar-refractivity contribution >= 4 is 16.8 Å². The van der Waals surface area contributed by atoms with Gasteiger partial charge in [-0.25, -0.2) is 8.78 Å². The lowest BCUT2D eigenvalue weighted by Gasteiger charge is -2.56. The van der Waals surface area contributed by atoms with Crippen LogP contribution in [0.5, 0.6) is 5.75 Å². The topological polar surface area (TPSA) is 60.6 Å². The number of aromatic nitrogens is 1. The number of rotatable bonds is 6. The second kappa shape index (κ2) is 11.4. The second-order valence-electron chi connectivity index (χ2n) is 11.1. The molecular weight excluding hydrogens is 486 g/mol. The SMILES string of the molecule is COc1cc(C)c2[nH]ccc2c1CN1CCC(CC(F)F)CC1.O=C(c1ccccc1)N1CC2(CNC2)C1. The second-order valence-corrected chi connectivity index (χ2v) is 11.1. The summed E-state index contributed by atoms with van der Waals surface area (Å²) in [5, 5.41) is 4.46. The molecule has 0 saturated carbocycles. The van der Waals surface area contributed by atoms with Gasteiger partial charge in [0.15, 0.2) is 0 Å². The number of carbonyl (C=O) groups excluding carboxylic acids is 1. The van der Waals surface area contributed by atoms with Gasteiger partial charge in [0.1, 0.15) is 5.75 Å². The third kappa shape index (κ3) is 5.71. The van der Waals surface area contributed by atoms with E-state index in [9.17, 15) is 13.6 Å². The highest BCUT2D eigenvalue weighted by atomic mass is 19.3. The molecule has 6 nitrogen and oxygen atoms in total. The highest BCUT2D eigenvalue weighted by molar-refractivity contribution is 5.94. The molecule has 0 unspecified atom stereocenters. The zero-order valence-corrected chi connectivity index (χ0v) is 22.3. The van der Waals surface area contributed by atoms with Crippen LogP contribution in [0.25, 0.3) is 10.9 Å². The van der Waals surface area contributed by atoms with Crippen molar-refractivity contribution in [3.05, 3.63) is 65.4 Å². The molecule has 204 valence electrons. The number of likely N-dealkylation sites (tertiary alicyclic amines) is 2. The third-order valence-electron chi connectivity index (χ3n) is 8.29. The van der Waals surface area contributed by atoms with E-state index in [0.29, 0.717) is 5.41 Å². The summed E-state index contributed by atoms with van der Waals surface area (Å²) in [4.78, 5) is 19.5. The molecule has 6 rings (SSSR count). The summed E-state index contributed by atoms with van der Waals surface area (Å²) in [6, 6.07) is 13.7. The summed E-state index contributed by atoms with van der Waals surface area (Å²) in [7, 11) is 1.70. The Balaban J connectivity index is 0.000000168. The van der Waals surface area contributed by atoms with Crippen LogP contribution in [0.1, 0.15) is 40.7 Å². The molecule has 3 aliphatic heterocycles. The maximum atomic E-state index is 12.5. The zero-order valence-electron chi connectivity index (χ0n) is 22.3. The summed E-state index contributed by atoms with van der Waals surface area (Å²) < 4.78 is 30.6. The third-order valence-corrected chi connectivity index (χ3v) is 8.29. The van der Waals surface area contributed by atoms with E-state index in [2.05, 4.69) is 34.3 Å². The molecule has 1 spiro atoms. The molecule has 0 atom stereocenters. The number of ether oxygens (including phenoxy) is 1. The van der Waals surface area contributed by atoms with Gasteiger partial charge in [-0.1, -0.05) is 18.2 Å². The molecular formula is C30H38F2N4O2. The molecule has 2 aromatic carbocycles. The van der Waals surface area contributed by atoms with Crippen molar-refractivity contribution in [2.45, 2.75) is 39.2 Å². The van der Waals surface area contributed by atoms with Crippen LogP contribution < -0.4 is 10.1 Å². The predicted molar refractivity (Wildman–Crippen MR) is 146 cm³/mol. The summed E-state index contributed by atoms with van der Waals surface area (Å²) in [6.45, 7) is 8.62. The molecule has 2 N–H and O–H groups in total. The van der Waals surface area contributed by atoms with Crippen molar-refractivity contribution in [1.29, 1.82) is 0 Å². The number of H-pyrrole nitrogens is 1. The van der Waals surface area contributed by atoms with Crippen molar-refractivity contribution in [3.63, 3.8) is 0 Å². The van der Waals surface area contributed by atoms with Gasteiger partial charge in [-0.2, -0.15) is 0 Å². The van der Waals surface area contributed by atoms with Crippen LogP contribution in [-0.2, 0) is 6.54 Å². The quantitative estimate of drug-likeness (QED) is 0.472. The molecule has 0 bridgehead atoms. The first-order chi connectivity index (χ1) is 18.4. The molecule has 4 heterocycles. The number of fused-ring (bicyclic) bond motifs is 1. The van der Waals surface area contributed by atoms with Crippen molar-refractivity contribution in [3.8, 4) is 5.75 Å². The van der Waals surface area contributed by atoms with Crippen LogP contribution in [0, 0.1) is 18.3 Å². The van der Waals surface area contributed by atoms with E-state index in [-0.39, 0.29) is 18.2 Å². The first-order valence-corrected chi connectivity index (χ1v) is 13.6. The number of nitrogens with one attached hydrogen (secondary N) is 2. The molecule has 8 heteroatoms. The van der Waals surface area contributed by atoms with Gasteiger partial charge in [0, 0.05) is 72.8 Å². The minimum Gasteiger partial charge on any atom is -0.496 e. The number of aromatic amines is 1. The van der Waals surface area contributed by atoms with Crippen molar-refractivity contribution in [1.82, 2.24) is 20.1 Å². The fourth-order valence-corrected chi connectivity index (χ4v) is 6.01. The van der Waals surface area contributed by atoms with Crippen LogP contribution >= 0.6 is 0 Å². The first-order valence-electron chi connectivity index (χ1n) is 13.6. The summed E-state index contributed by atoms with van der Waals surface area (Å²) in [5.41, 5.74) is 4.72. The maximum absolute atomic E-state index is 12.5. The van der Waals surface area contributed by atoms with Crippen LogP contribution in [0.4, 0.5) is 8.78 Å². The molecule has 3 aromatic rings. The fraction of sp³-hybridized carbons (Fsp3) is 0.500. The highest BCUT2D eigenvalue weighted by Crippen LogP contribution is 2.35. The molecule has 3 aliphatic rings. The van der Waals surface area contributed by atoms with Gasteiger partial charge < -0.3 is 19.9 Å². The lowest BCUT2D eigenvalue weighted by atomic mass is 9.74. The van der Waals surface area contributed by atoms with E-state index >= 15 is 0 Å². The number of methoxy groups -OCH3 is 1. The number of carbonyl (C=O) groups is 1. The summed E-state index contributed by atoms with van der Waals surface area (Å²) >= 11 is 0. The molecule has 38 heavy (non-hydrogen) atoms. The Bertz CT molecular complexity index is 1230. The first kappa shape index (κ1) is 26.6. The Kier molecular flexibility index (Phi) is 8.00. The van der Waals surface area contributed by atoms with Crippen LogP contribution in [0.3, 0.4) is 0 Å². The molecule has 0 aliphatic carbocycles. The number of halogens is 2. The number of hydrogen-bond donors (Lipinski definition) is 2. The van der Waals surface area contributed by atoms with Gasteiger partial charge in [-0.15, -0.1) is 0 Å². The predicted octanol–water partition coefficient (Wildman–Crippen LogP) is 5.08. The Morgan fingerprint density at radius 1 is 1.13 bits per heavy atom. The monoisotopic (exact) mass is 524 g/mol. The number of hydrogen-bond acceptors (Lipinski definition) is 4. The number of nitrogens with zero attached hydrogens (tertiary/aromatic N) is 2. The molecule has 3 saturated heterocycles. The van der Waals surface area contributed by atoms with E-state index < -0.39 is 6.43 Å². The van der Waals surface area contributed by atoms with Gasteiger partial charge in [-0.3, -0.25) is 9.69 Å². The maximum Gasteiger partial charge on any atom is 0.253 e. The lowest BCUT2D eigenvalue weighted by Crippen LogP contribution is -2.71. The zero-order chi connectivity index (χ0) is 26.7. The van der Waals surface area contributed by atoms with Crippen LogP contribution in [0.15, 0.2) is 48.7 Å². The lowest BCUT2D eigenvalue weighted by molar-refractivity contribution is -0.0248. The minimum atomic E-state index is -2.18. The van der Waals surface area contributed by atoms with Gasteiger partial charge >= 0.3 is 0 Å². The Hall–Kier alpha value is -2.97. The van der Waals surface area contributed by atoms with E-state index in [4.69, 9.17) is 4.74 Å². The number of aryl methyl sites for hydroxylation is 1. The average Bonchev–Trinajstić information content (AvgIpc) is 3.36. The standard InChI is InChI=1S/C18H24F2N2O.C12H14N2O/c1-12-9-16(23-2)15(14-3-6-21-18(12)14)11-22-7-4-13(5-8-22)10-17(19)20;15-11(10-4-2-1-3-5-10)14-8-12(9-14)6-13-7-12/h3,6,9,13,17,21H,4-5,7-8,10-11H2,1-2H3;1-5,13H,6-9H2. The van der Waals surface area contributed by atoms with Gasteiger partial charge in [0.05, 0.1) is 7.11 Å². The summed E-state index contributed by atoms with van der Waals surface area (Å²) in [6.07, 6.45) is 1.53. The van der Waals surface area contributed by atoms with Gasteiger partial charge in [0.2, 0.25) is 6.43 Å². The Labute approximate surface area is 223 Å². The van der Waals surface area contributed by atoms with Gasteiger partial charge in [0.25, 0.3) is 5.91 Å². The van der Waals surface area contributed by atoms with E-state index in [1.807, 2.05) is 41.4 Å². The minimum absolute atomic E-state index is 0.0454. The normalized spacial score (nSPS) is 19.1. The molecule has 0 radical (unpaired) electrons. The molecule has 3 fully saturated rings. The van der Waals surface area contributed by atoms with Crippen molar-refractivity contribution < 1.29 is 18.3 Å². The number of benzene rings is 2. The Morgan fingerprint density at radius 3 is 2.45 bits per heavy atom. The fourth-order valence-electron chi connectivity index (χ4n) is 6.01. The molecule has 1 aromatic heterocycles. The number of amides is 1. The van der Waals surface area contributed by atoms with Crippen LogP contribution in [0.2, 0.25) is 0 Å². The average molecular weight is 525 g/mol. The smallest absolute Gasteiger partial charge is 0.253 e. The molecule has 1 amide bonds. The number of alkyl halides is 2. The summed E-state index contributed by atoms with van der Waals surface area (Å²) in [5.74, 6) is 1.25. The Morgan fingerprint density at radius 2 is 1.84 bits per heavy atom. The van der Waals surface area contributed by atoms with E-state index in [0.717, 1.165) is 75.5 Å². The largest absolute Gasteiger partial charge is 0.496 e. The highest BCUT2D eigenvalue weighted by Gasteiger charge is 2.49. The van der Waals surface area contributed by atoms with E-state index in [1.54, 1.807) is 7.11 Å². The van der Waals surface area contributed by atoms with Crippen molar-refractivity contribution in [2.24, 2.45) is 11.3 Å². The van der Waals surface area contributed by atoms with Crippen LogP contribution in [-0.4, -0.2) is 73.5 Å². The van der Waals surface area contributed by atoms with E-state index in [1.165, 1.54) is 16.5 Å². The van der Waals surface area contributed by atoms with Crippen molar-refractivity contribution in [2.75, 3.05) is 46.4 Å².